The molecule has 150 valence electrons. The Morgan fingerprint density at radius 1 is 1.26 bits per heavy atom. The average molecular weight is 419 g/mol. The minimum Gasteiger partial charge on any atom is -0.352 e. The van der Waals surface area contributed by atoms with Crippen LogP contribution < -0.4 is 11.1 Å². The summed E-state index contributed by atoms with van der Waals surface area (Å²) in [4.78, 5) is 24.9. The third-order valence-corrected chi connectivity index (χ3v) is 6.81. The number of sulfonamides is 1. The van der Waals surface area contributed by atoms with Crippen LogP contribution in [0, 0.1) is 5.82 Å². The Morgan fingerprint density at radius 2 is 1.89 bits per heavy atom. The van der Waals surface area contributed by atoms with Gasteiger partial charge in [0.1, 0.15) is 16.8 Å². The van der Waals surface area contributed by atoms with Gasteiger partial charge in [0, 0.05) is 26.2 Å². The first kappa shape index (κ1) is 21.5. The van der Waals surface area contributed by atoms with Gasteiger partial charge in [-0.15, -0.1) is 0 Å². The Hall–Kier alpha value is -1.85. The summed E-state index contributed by atoms with van der Waals surface area (Å²) in [5.41, 5.74) is 5.14. The molecule has 0 bridgehead atoms. The number of rotatable bonds is 7. The van der Waals surface area contributed by atoms with E-state index < -0.39 is 27.9 Å². The summed E-state index contributed by atoms with van der Waals surface area (Å²) in [6, 6.07) is 3.67. The van der Waals surface area contributed by atoms with Crippen molar-refractivity contribution in [2.45, 2.75) is 17.4 Å². The van der Waals surface area contributed by atoms with E-state index in [9.17, 15) is 22.4 Å². The molecule has 8 nitrogen and oxygen atoms in total. The Bertz CT molecular complexity index is 782. The van der Waals surface area contributed by atoms with Gasteiger partial charge < -0.3 is 16.0 Å². The summed E-state index contributed by atoms with van der Waals surface area (Å²) in [6.45, 7) is 0.411. The van der Waals surface area contributed by atoms with E-state index in [2.05, 4.69) is 5.32 Å². The first-order valence-electron chi connectivity index (χ1n) is 8.35. The molecule has 1 aliphatic heterocycles. The van der Waals surface area contributed by atoms with Gasteiger partial charge in [0.2, 0.25) is 15.9 Å². The highest BCUT2D eigenvalue weighted by molar-refractivity contribution is 7.98. The SMILES string of the molecule is CSCC[C@H](NC(N)=O)C(=O)N1CCN(S(=O)(=O)c2ccccc2F)CC1. The van der Waals surface area contributed by atoms with Crippen molar-refractivity contribution in [3.63, 3.8) is 0 Å². The molecule has 3 amide bonds. The summed E-state index contributed by atoms with van der Waals surface area (Å²) in [7, 11) is -3.97. The van der Waals surface area contributed by atoms with Crippen LogP contribution in [0.15, 0.2) is 29.2 Å². The van der Waals surface area contributed by atoms with Gasteiger partial charge in [-0.05, 0) is 30.6 Å². The fourth-order valence-electron chi connectivity index (χ4n) is 2.83. The lowest BCUT2D eigenvalue weighted by Crippen LogP contribution is -2.56. The van der Waals surface area contributed by atoms with E-state index in [-0.39, 0.29) is 37.0 Å². The summed E-state index contributed by atoms with van der Waals surface area (Å²) in [5.74, 6) is -0.442. The Kier molecular flexibility index (Phi) is 7.45. The van der Waals surface area contributed by atoms with Crippen LogP contribution in [0.3, 0.4) is 0 Å². The number of hydrogen-bond donors (Lipinski definition) is 2. The quantitative estimate of drug-likeness (QED) is 0.668. The van der Waals surface area contributed by atoms with Crippen LogP contribution in [0.4, 0.5) is 9.18 Å². The first-order chi connectivity index (χ1) is 12.8. The highest BCUT2D eigenvalue weighted by Crippen LogP contribution is 2.20. The highest BCUT2D eigenvalue weighted by Gasteiger charge is 2.33. The molecule has 0 saturated carbocycles. The molecule has 2 rings (SSSR count). The van der Waals surface area contributed by atoms with E-state index in [0.29, 0.717) is 12.2 Å². The number of hydrogen-bond acceptors (Lipinski definition) is 5. The normalized spacial score (nSPS) is 16.7. The predicted molar refractivity (Wildman–Crippen MR) is 101 cm³/mol. The number of nitrogens with one attached hydrogen (secondary N) is 1. The third-order valence-electron chi connectivity index (χ3n) is 4.23. The number of nitrogens with zero attached hydrogens (tertiary/aromatic N) is 2. The van der Waals surface area contributed by atoms with Gasteiger partial charge in [-0.3, -0.25) is 4.79 Å². The number of thioether (sulfide) groups is 1. The molecule has 1 saturated heterocycles. The number of amides is 3. The third kappa shape index (κ3) is 5.33. The zero-order valence-corrected chi connectivity index (χ0v) is 16.6. The van der Waals surface area contributed by atoms with Crippen molar-refractivity contribution < 1.29 is 22.4 Å². The van der Waals surface area contributed by atoms with Gasteiger partial charge in [0.25, 0.3) is 0 Å². The Labute approximate surface area is 162 Å². The van der Waals surface area contributed by atoms with Crippen molar-refractivity contribution in [3.8, 4) is 0 Å². The van der Waals surface area contributed by atoms with E-state index in [4.69, 9.17) is 5.73 Å². The first-order valence-corrected chi connectivity index (χ1v) is 11.2. The van der Waals surface area contributed by atoms with E-state index >= 15 is 0 Å². The largest absolute Gasteiger partial charge is 0.352 e. The summed E-state index contributed by atoms with van der Waals surface area (Å²) in [6.07, 6.45) is 2.31. The summed E-state index contributed by atoms with van der Waals surface area (Å²) >= 11 is 1.54. The van der Waals surface area contributed by atoms with Gasteiger partial charge in [-0.25, -0.2) is 17.6 Å². The topological polar surface area (TPSA) is 113 Å². The van der Waals surface area contributed by atoms with Crippen LogP contribution in [0.1, 0.15) is 6.42 Å². The molecule has 1 aliphatic rings. The molecule has 1 aromatic carbocycles. The molecule has 0 aliphatic carbocycles. The monoisotopic (exact) mass is 418 g/mol. The van der Waals surface area contributed by atoms with Crippen molar-refractivity contribution in [1.29, 1.82) is 0 Å². The van der Waals surface area contributed by atoms with Crippen LogP contribution in [0.25, 0.3) is 0 Å². The number of halogens is 1. The molecule has 1 atom stereocenters. The zero-order valence-electron chi connectivity index (χ0n) is 14.9. The van der Waals surface area contributed by atoms with Crippen LogP contribution in [0.5, 0.6) is 0 Å². The molecular formula is C16H23FN4O4S2. The van der Waals surface area contributed by atoms with E-state index in [0.717, 1.165) is 10.4 Å². The Balaban J connectivity index is 2.04. The number of primary amides is 1. The van der Waals surface area contributed by atoms with Crippen molar-refractivity contribution in [2.24, 2.45) is 5.73 Å². The minimum atomic E-state index is -3.97. The van der Waals surface area contributed by atoms with Crippen molar-refractivity contribution >= 4 is 33.7 Å². The molecule has 27 heavy (non-hydrogen) atoms. The van der Waals surface area contributed by atoms with Crippen LogP contribution >= 0.6 is 11.8 Å². The Morgan fingerprint density at radius 3 is 2.44 bits per heavy atom. The molecule has 11 heteroatoms. The zero-order chi connectivity index (χ0) is 20.0. The van der Waals surface area contributed by atoms with Gasteiger partial charge in [0.05, 0.1) is 0 Å². The molecule has 1 heterocycles. The van der Waals surface area contributed by atoms with E-state index in [1.807, 2.05) is 6.26 Å². The van der Waals surface area contributed by atoms with E-state index in [1.54, 1.807) is 0 Å². The lowest BCUT2D eigenvalue weighted by atomic mass is 10.2. The number of nitrogens with two attached hydrogens (primary N) is 1. The van der Waals surface area contributed by atoms with Crippen molar-refractivity contribution in [3.05, 3.63) is 30.1 Å². The molecule has 3 N–H and O–H groups in total. The highest BCUT2D eigenvalue weighted by atomic mass is 32.2. The lowest BCUT2D eigenvalue weighted by molar-refractivity contribution is -0.134. The van der Waals surface area contributed by atoms with Gasteiger partial charge in [-0.2, -0.15) is 16.1 Å². The fraction of sp³-hybridized carbons (Fsp3) is 0.500. The molecule has 0 spiro atoms. The maximum atomic E-state index is 13.9. The second kappa shape index (κ2) is 9.38. The minimum absolute atomic E-state index is 0.0498. The van der Waals surface area contributed by atoms with Crippen LogP contribution in [0.2, 0.25) is 0 Å². The molecule has 0 aromatic heterocycles. The van der Waals surface area contributed by atoms with Crippen molar-refractivity contribution in [1.82, 2.24) is 14.5 Å². The van der Waals surface area contributed by atoms with Gasteiger partial charge in [-0.1, -0.05) is 12.1 Å². The number of urea groups is 1. The number of piperazine rings is 1. The fourth-order valence-corrected chi connectivity index (χ4v) is 4.79. The van der Waals surface area contributed by atoms with Crippen LogP contribution in [-0.4, -0.2) is 73.8 Å². The second-order valence-electron chi connectivity index (χ2n) is 6.00. The van der Waals surface area contributed by atoms with Crippen molar-refractivity contribution in [2.75, 3.05) is 38.2 Å². The molecular weight excluding hydrogens is 395 g/mol. The number of benzene rings is 1. The number of carbonyl (C=O) groups excluding carboxylic acids is 2. The van der Waals surface area contributed by atoms with Gasteiger partial charge in [0.15, 0.2) is 0 Å². The maximum Gasteiger partial charge on any atom is 0.312 e. The summed E-state index contributed by atoms with van der Waals surface area (Å²) in [5, 5.41) is 2.44. The predicted octanol–water partition coefficient (Wildman–Crippen LogP) is 0.449. The standard InChI is InChI=1S/C16H23FN4O4S2/c1-26-11-6-13(19-16(18)23)15(22)20-7-9-21(10-8-20)27(24,25)14-5-3-2-4-12(14)17/h2-5,13H,6-11H2,1H3,(H3,18,19,23)/t13-/m0/s1. The smallest absolute Gasteiger partial charge is 0.312 e. The van der Waals surface area contributed by atoms with Gasteiger partial charge >= 0.3 is 6.03 Å². The molecule has 0 unspecified atom stereocenters. The lowest BCUT2D eigenvalue weighted by Gasteiger charge is -2.35. The van der Waals surface area contributed by atoms with E-state index in [1.165, 1.54) is 34.9 Å². The maximum absolute atomic E-state index is 13.9. The van der Waals surface area contributed by atoms with Crippen LogP contribution in [-0.2, 0) is 14.8 Å². The molecule has 0 radical (unpaired) electrons. The second-order valence-corrected chi connectivity index (χ2v) is 8.89. The number of carbonyl (C=O) groups is 2. The molecule has 1 aromatic rings. The molecule has 1 fully saturated rings. The average Bonchev–Trinajstić information content (AvgIpc) is 2.64. The summed E-state index contributed by atoms with van der Waals surface area (Å²) < 4.78 is 40.2.